The molecule has 0 bridgehead atoms. The SMILES string of the molecule is CCCCCCCCC=CCCCCCCCC(=O)[P+](CO)(CO)CO.O=S(=O)(O)O. The minimum Gasteiger partial charge on any atom is -0.361 e. The Hall–Kier alpha value is -0.410. The summed E-state index contributed by atoms with van der Waals surface area (Å²) in [6.45, 7) is 2.25. The third-order valence-electron chi connectivity index (χ3n) is 4.99. The molecule has 0 aliphatic heterocycles. The van der Waals surface area contributed by atoms with Crippen LogP contribution in [0.5, 0.6) is 0 Å². The van der Waals surface area contributed by atoms with Crippen molar-refractivity contribution in [3.05, 3.63) is 12.2 Å². The van der Waals surface area contributed by atoms with Gasteiger partial charge in [0, 0.05) is 6.42 Å². The zero-order chi connectivity index (χ0) is 24.0. The molecule has 5 N–H and O–H groups in total. The van der Waals surface area contributed by atoms with Gasteiger partial charge in [-0.25, -0.2) is 0 Å². The average Bonchev–Trinajstić information content (AvgIpc) is 2.71. The van der Waals surface area contributed by atoms with E-state index in [2.05, 4.69) is 19.1 Å². The van der Waals surface area contributed by atoms with E-state index in [-0.39, 0.29) is 24.6 Å². The van der Waals surface area contributed by atoms with Gasteiger partial charge in [0.25, 0.3) is 5.52 Å². The molecule has 0 amide bonds. The van der Waals surface area contributed by atoms with Crippen LogP contribution < -0.4 is 0 Å². The standard InChI is InChI=1S/C21H42O4P.H2O4S/c1-2-3-4-5-6-7-8-9-10-11-12-13-14-15-16-17-21(25)26(18-22,19-23)20-24;1-5(2,3)4/h9-10,22-24H,2-8,11-20H2,1H3;(H2,1,2,3,4)/q+1;. The van der Waals surface area contributed by atoms with Gasteiger partial charge in [0.1, 0.15) is 0 Å². The normalized spacial score (nSPS) is 12.1. The summed E-state index contributed by atoms with van der Waals surface area (Å²) in [5, 5.41) is 27.8. The number of aliphatic hydroxyl groups is 3. The molecule has 0 atom stereocenters. The van der Waals surface area contributed by atoms with Crippen LogP contribution >= 0.6 is 7.26 Å². The van der Waals surface area contributed by atoms with Crippen LogP contribution in [0.15, 0.2) is 12.2 Å². The van der Waals surface area contributed by atoms with Gasteiger partial charge in [-0.2, -0.15) is 8.42 Å². The van der Waals surface area contributed by atoms with Crippen LogP contribution in [0, 0.1) is 0 Å². The smallest absolute Gasteiger partial charge is 0.361 e. The number of allylic oxidation sites excluding steroid dienone is 2. The summed E-state index contributed by atoms with van der Waals surface area (Å²) in [4.78, 5) is 12.1. The highest BCUT2D eigenvalue weighted by Crippen LogP contribution is 2.57. The zero-order valence-electron chi connectivity index (χ0n) is 19.0. The van der Waals surface area contributed by atoms with Crippen LogP contribution in [0.3, 0.4) is 0 Å². The van der Waals surface area contributed by atoms with E-state index in [1.165, 1.54) is 57.8 Å². The summed E-state index contributed by atoms with van der Waals surface area (Å²) in [7, 11) is -7.27. The monoisotopic (exact) mass is 487 g/mol. The molecular weight excluding hydrogens is 443 g/mol. The fraction of sp³-hybridized carbons (Fsp3) is 0.857. The number of hydrogen-bond acceptors (Lipinski definition) is 6. The first kappa shape index (κ1) is 32.8. The van der Waals surface area contributed by atoms with Gasteiger partial charge in [-0.3, -0.25) is 13.9 Å². The molecule has 0 unspecified atom stereocenters. The van der Waals surface area contributed by atoms with Crippen LogP contribution in [0.1, 0.15) is 96.8 Å². The summed E-state index contributed by atoms with van der Waals surface area (Å²) in [5.41, 5.74) is -0.123. The van der Waals surface area contributed by atoms with Crippen molar-refractivity contribution in [2.75, 3.05) is 19.0 Å². The summed E-state index contributed by atoms with van der Waals surface area (Å²) >= 11 is 0. The quantitative estimate of drug-likeness (QED) is 0.0756. The van der Waals surface area contributed by atoms with Crippen molar-refractivity contribution in [1.29, 1.82) is 0 Å². The van der Waals surface area contributed by atoms with E-state index in [0.29, 0.717) is 6.42 Å². The van der Waals surface area contributed by atoms with E-state index in [4.69, 9.17) is 17.5 Å². The zero-order valence-corrected chi connectivity index (χ0v) is 20.7. The molecule has 0 rings (SSSR count). The minimum atomic E-state index is -4.67. The van der Waals surface area contributed by atoms with Gasteiger partial charge in [-0.05, 0) is 32.1 Å². The van der Waals surface area contributed by atoms with Gasteiger partial charge in [0.15, 0.2) is 26.3 Å². The van der Waals surface area contributed by atoms with Crippen LogP contribution in [0.2, 0.25) is 0 Å². The molecule has 31 heavy (non-hydrogen) atoms. The number of rotatable bonds is 19. The summed E-state index contributed by atoms with van der Waals surface area (Å²) in [6, 6.07) is 0. The van der Waals surface area contributed by atoms with E-state index >= 15 is 0 Å². The lowest BCUT2D eigenvalue weighted by atomic mass is 10.1. The highest BCUT2D eigenvalue weighted by Gasteiger charge is 2.44. The Morgan fingerprint density at radius 1 is 0.710 bits per heavy atom. The average molecular weight is 488 g/mol. The highest BCUT2D eigenvalue weighted by molar-refractivity contribution is 7.90. The lowest BCUT2D eigenvalue weighted by molar-refractivity contribution is -0.112. The molecule has 0 radical (unpaired) electrons. The fourth-order valence-corrected chi connectivity index (χ4v) is 4.33. The predicted molar refractivity (Wildman–Crippen MR) is 127 cm³/mol. The predicted octanol–water partition coefficient (Wildman–Crippen LogP) is 4.76. The van der Waals surface area contributed by atoms with Crippen molar-refractivity contribution in [3.8, 4) is 0 Å². The molecule has 186 valence electrons. The highest BCUT2D eigenvalue weighted by atomic mass is 32.3. The van der Waals surface area contributed by atoms with Crippen LogP contribution in [-0.2, 0) is 15.2 Å². The van der Waals surface area contributed by atoms with Crippen molar-refractivity contribution in [2.24, 2.45) is 0 Å². The topological polar surface area (TPSA) is 152 Å². The van der Waals surface area contributed by atoms with Crippen molar-refractivity contribution in [3.63, 3.8) is 0 Å². The molecule has 0 aliphatic carbocycles. The second-order valence-corrected chi connectivity index (χ2v) is 12.3. The molecule has 10 heteroatoms. The van der Waals surface area contributed by atoms with Crippen LogP contribution in [0.25, 0.3) is 0 Å². The molecule has 0 aliphatic rings. The molecule has 0 saturated heterocycles. The van der Waals surface area contributed by atoms with Crippen molar-refractivity contribution < 1.29 is 37.6 Å². The van der Waals surface area contributed by atoms with Crippen LogP contribution in [0.4, 0.5) is 0 Å². The van der Waals surface area contributed by atoms with E-state index in [0.717, 1.165) is 25.7 Å². The first-order valence-electron chi connectivity index (χ1n) is 11.2. The number of aliphatic hydroxyl groups excluding tert-OH is 3. The molecule has 8 nitrogen and oxygen atoms in total. The van der Waals surface area contributed by atoms with E-state index < -0.39 is 17.7 Å². The third kappa shape index (κ3) is 22.6. The first-order valence-corrected chi connectivity index (χ1v) is 15.0. The number of carbonyl (C=O) groups is 1. The molecule has 0 aromatic heterocycles. The Morgan fingerprint density at radius 2 is 1.06 bits per heavy atom. The lowest BCUT2D eigenvalue weighted by Crippen LogP contribution is -2.17. The maximum Gasteiger partial charge on any atom is 0.394 e. The van der Waals surface area contributed by atoms with Gasteiger partial charge in [-0.15, -0.1) is 0 Å². The summed E-state index contributed by atoms with van der Waals surface area (Å²) < 4.78 is 31.6. The Labute approximate surface area is 189 Å². The number of hydrogen-bond donors (Lipinski definition) is 5. The van der Waals surface area contributed by atoms with Crippen LogP contribution in [-0.4, -0.2) is 57.4 Å². The minimum absolute atomic E-state index is 0.123. The first-order chi connectivity index (χ1) is 14.7. The van der Waals surface area contributed by atoms with E-state index in [9.17, 15) is 20.1 Å². The Morgan fingerprint density at radius 3 is 1.45 bits per heavy atom. The maximum atomic E-state index is 12.1. The van der Waals surface area contributed by atoms with Crippen molar-refractivity contribution >= 4 is 23.2 Å². The largest absolute Gasteiger partial charge is 0.394 e. The summed E-state index contributed by atoms with van der Waals surface area (Å²) in [6.07, 6.45) is 19.6. The van der Waals surface area contributed by atoms with Gasteiger partial charge in [0.2, 0.25) is 0 Å². The molecule has 0 saturated carbocycles. The summed E-state index contributed by atoms with van der Waals surface area (Å²) in [5.74, 6) is 0. The molecular formula is C21H44O8PS+. The molecule has 0 spiro atoms. The molecule has 0 heterocycles. The van der Waals surface area contributed by atoms with Crippen molar-refractivity contribution in [1.82, 2.24) is 0 Å². The van der Waals surface area contributed by atoms with Gasteiger partial charge < -0.3 is 15.3 Å². The molecule has 0 aromatic carbocycles. The molecule has 0 aromatic rings. The van der Waals surface area contributed by atoms with Crippen molar-refractivity contribution in [2.45, 2.75) is 96.8 Å². The van der Waals surface area contributed by atoms with Gasteiger partial charge >= 0.3 is 10.4 Å². The molecule has 0 fully saturated rings. The fourth-order valence-electron chi connectivity index (χ4n) is 2.95. The van der Waals surface area contributed by atoms with Gasteiger partial charge in [-0.1, -0.05) is 70.4 Å². The number of carbonyl (C=O) groups excluding carboxylic acids is 1. The second kappa shape index (κ2) is 21.4. The Bertz CT molecular complexity index is 531. The Kier molecular flexibility index (Phi) is 22.7. The lowest BCUT2D eigenvalue weighted by Gasteiger charge is -2.17. The number of unbranched alkanes of at least 4 members (excludes halogenated alkanes) is 11. The van der Waals surface area contributed by atoms with E-state index in [1.807, 2.05) is 0 Å². The third-order valence-corrected chi connectivity index (χ3v) is 7.90. The van der Waals surface area contributed by atoms with Gasteiger partial charge in [0.05, 0.1) is 0 Å². The maximum absolute atomic E-state index is 12.1. The van der Waals surface area contributed by atoms with E-state index in [1.54, 1.807) is 0 Å². The second-order valence-electron chi connectivity index (χ2n) is 7.75. The Balaban J connectivity index is 0.